The van der Waals surface area contributed by atoms with E-state index in [1.165, 1.54) is 16.7 Å². The molecule has 0 aliphatic heterocycles. The molecule has 0 unspecified atom stereocenters. The molecule has 59 heavy (non-hydrogen) atoms. The van der Waals surface area contributed by atoms with Crippen LogP contribution in [-0.4, -0.2) is 58.0 Å². The monoisotopic (exact) mass is 798 g/mol. The van der Waals surface area contributed by atoms with Crippen LogP contribution in [0.15, 0.2) is 163 Å². The predicted octanol–water partition coefficient (Wildman–Crippen LogP) is 9.70. The summed E-state index contributed by atoms with van der Waals surface area (Å²) in [4.78, 5) is 0. The molecule has 5 aromatic rings. The minimum atomic E-state index is -0.384. The van der Waals surface area contributed by atoms with Gasteiger partial charge >= 0.3 is 0 Å². The van der Waals surface area contributed by atoms with Crippen molar-refractivity contribution in [3.05, 3.63) is 191 Å². The maximum Gasteiger partial charge on any atom is 0.118 e. The van der Waals surface area contributed by atoms with Crippen molar-refractivity contribution in [2.24, 2.45) is 11.8 Å². The van der Waals surface area contributed by atoms with Gasteiger partial charge in [0.2, 0.25) is 0 Å². The first kappa shape index (κ1) is 43.5. The Balaban J connectivity index is 0.000000204. The maximum absolute atomic E-state index is 10.2. The van der Waals surface area contributed by atoms with Crippen molar-refractivity contribution < 1.29 is 38.3 Å². The van der Waals surface area contributed by atoms with E-state index in [1.54, 1.807) is 14.2 Å². The van der Waals surface area contributed by atoms with Crippen LogP contribution in [-0.2, 0) is 56.7 Å². The number of benzene rings is 5. The number of aliphatic hydroxyl groups excluding tert-OH is 1. The summed E-state index contributed by atoms with van der Waals surface area (Å²) >= 11 is 0. The van der Waals surface area contributed by atoms with Crippen LogP contribution >= 0.6 is 0 Å². The van der Waals surface area contributed by atoms with Crippen molar-refractivity contribution in [1.29, 1.82) is 0 Å². The van der Waals surface area contributed by atoms with Gasteiger partial charge in [0.1, 0.15) is 11.5 Å². The first-order valence-electron chi connectivity index (χ1n) is 20.4. The van der Waals surface area contributed by atoms with Gasteiger partial charge in [-0.1, -0.05) is 127 Å². The Hall–Kier alpha value is -5.06. The number of hydrogen-bond donors (Lipinski definition) is 1. The lowest BCUT2D eigenvalue weighted by Gasteiger charge is -2.24. The lowest BCUT2D eigenvalue weighted by molar-refractivity contribution is -0.0174. The Morgan fingerprint density at radius 2 is 0.814 bits per heavy atom. The van der Waals surface area contributed by atoms with Crippen LogP contribution < -0.4 is 9.47 Å². The summed E-state index contributed by atoms with van der Waals surface area (Å²) in [6.07, 6.45) is 5.61. The van der Waals surface area contributed by atoms with Crippen molar-refractivity contribution in [3.63, 3.8) is 0 Å². The SMILES string of the molecule is COc1ccc(COCC2=CC[C@H](O)[C@H]2COCc2ccccc2)cc1.COc1ccc(COCC2=CC[C@H](OCc3ccccc3)[C@H]2COCc2ccccc2)cc1. The average Bonchev–Trinajstić information content (AvgIpc) is 3.85. The Bertz CT molecular complexity index is 1960. The fraction of sp³-hybridized carbons (Fsp3) is 0.333. The van der Waals surface area contributed by atoms with Crippen molar-refractivity contribution in [2.75, 3.05) is 40.6 Å². The van der Waals surface area contributed by atoms with Crippen LogP contribution in [0.4, 0.5) is 0 Å². The van der Waals surface area contributed by atoms with Gasteiger partial charge in [-0.3, -0.25) is 0 Å². The van der Waals surface area contributed by atoms with Crippen LogP contribution in [0.25, 0.3) is 0 Å². The van der Waals surface area contributed by atoms with Gasteiger partial charge < -0.3 is 38.3 Å². The Morgan fingerprint density at radius 1 is 0.424 bits per heavy atom. The van der Waals surface area contributed by atoms with Gasteiger partial charge in [0.25, 0.3) is 0 Å². The zero-order valence-electron chi connectivity index (χ0n) is 34.3. The van der Waals surface area contributed by atoms with E-state index in [1.807, 2.05) is 115 Å². The molecule has 2 aliphatic carbocycles. The molecule has 8 nitrogen and oxygen atoms in total. The third kappa shape index (κ3) is 14.3. The van der Waals surface area contributed by atoms with Gasteiger partial charge in [-0.05, 0) is 76.1 Å². The van der Waals surface area contributed by atoms with Gasteiger partial charge in [-0.25, -0.2) is 0 Å². The normalized spacial score (nSPS) is 18.4. The van der Waals surface area contributed by atoms with E-state index in [9.17, 15) is 5.11 Å². The van der Waals surface area contributed by atoms with E-state index in [0.29, 0.717) is 65.9 Å². The molecule has 8 heteroatoms. The Morgan fingerprint density at radius 3 is 1.29 bits per heavy atom. The molecule has 0 saturated heterocycles. The molecule has 0 saturated carbocycles. The molecule has 0 amide bonds. The smallest absolute Gasteiger partial charge is 0.118 e. The van der Waals surface area contributed by atoms with Crippen molar-refractivity contribution in [1.82, 2.24) is 0 Å². The van der Waals surface area contributed by atoms with Crippen molar-refractivity contribution in [3.8, 4) is 11.5 Å². The van der Waals surface area contributed by atoms with E-state index in [-0.39, 0.29) is 24.0 Å². The molecule has 0 aromatic heterocycles. The summed E-state index contributed by atoms with van der Waals surface area (Å²) in [6.45, 7) is 5.09. The quantitative estimate of drug-likeness (QED) is 0.0736. The first-order valence-corrected chi connectivity index (χ1v) is 20.4. The molecule has 0 radical (unpaired) electrons. The highest BCUT2D eigenvalue weighted by atomic mass is 16.5. The second kappa shape index (κ2) is 24.1. The summed E-state index contributed by atoms with van der Waals surface area (Å²) in [7, 11) is 3.33. The highest BCUT2D eigenvalue weighted by molar-refractivity contribution is 5.28. The average molecular weight is 799 g/mol. The summed E-state index contributed by atoms with van der Waals surface area (Å²) in [6, 6.07) is 46.5. The fourth-order valence-electron chi connectivity index (χ4n) is 7.16. The summed E-state index contributed by atoms with van der Waals surface area (Å²) in [5.74, 6) is 1.89. The third-order valence-electron chi connectivity index (χ3n) is 10.6. The number of ether oxygens (including phenoxy) is 7. The zero-order chi connectivity index (χ0) is 40.9. The minimum absolute atomic E-state index is 0.00887. The number of hydrogen-bond acceptors (Lipinski definition) is 8. The molecule has 0 bridgehead atoms. The van der Waals surface area contributed by atoms with Gasteiger partial charge in [0, 0.05) is 11.8 Å². The molecule has 0 spiro atoms. The van der Waals surface area contributed by atoms with Crippen LogP contribution in [0.3, 0.4) is 0 Å². The topological polar surface area (TPSA) is 84.8 Å². The van der Waals surface area contributed by atoms with Gasteiger partial charge in [0.05, 0.1) is 85.9 Å². The highest BCUT2D eigenvalue weighted by Crippen LogP contribution is 2.31. The molecular formula is C51H58O8. The highest BCUT2D eigenvalue weighted by Gasteiger charge is 2.31. The largest absolute Gasteiger partial charge is 0.497 e. The van der Waals surface area contributed by atoms with Crippen LogP contribution in [0.1, 0.15) is 40.7 Å². The Labute approximate surface area is 350 Å². The molecule has 1 N–H and O–H groups in total. The molecule has 310 valence electrons. The number of rotatable bonds is 21. The zero-order valence-corrected chi connectivity index (χ0v) is 34.3. The van der Waals surface area contributed by atoms with E-state index < -0.39 is 0 Å². The molecular weight excluding hydrogens is 741 g/mol. The second-order valence-corrected chi connectivity index (χ2v) is 14.8. The standard InChI is InChI=1S/C29H32O4.C22H26O4/c1-30-27-15-12-25(13-16-27)19-31-21-26-14-17-29(33-20-24-10-6-3-7-11-24)28(26)22-32-18-23-8-4-2-5-9-23;1-24-20-10-7-18(8-11-20)14-25-15-19-9-12-22(23)21(19)16-26-13-17-5-3-2-4-6-17/h2-16,28-29H,17-22H2,1H3;2-11,21-23H,12-16H2,1H3/t28-,29-;21-,22-/m00/s1. The van der Waals surface area contributed by atoms with E-state index >= 15 is 0 Å². The number of methoxy groups -OCH3 is 2. The maximum atomic E-state index is 10.2. The van der Waals surface area contributed by atoms with E-state index in [2.05, 4.69) is 36.4 Å². The molecule has 7 rings (SSSR count). The lowest BCUT2D eigenvalue weighted by Crippen LogP contribution is -2.26. The fourth-order valence-corrected chi connectivity index (χ4v) is 7.16. The lowest BCUT2D eigenvalue weighted by atomic mass is 10.0. The molecule has 2 aliphatic rings. The molecule has 0 fully saturated rings. The van der Waals surface area contributed by atoms with Crippen LogP contribution in [0, 0.1) is 11.8 Å². The van der Waals surface area contributed by atoms with Crippen molar-refractivity contribution in [2.45, 2.75) is 58.1 Å². The third-order valence-corrected chi connectivity index (χ3v) is 10.6. The van der Waals surface area contributed by atoms with E-state index in [4.69, 9.17) is 33.2 Å². The summed E-state index contributed by atoms with van der Waals surface area (Å²) < 4.78 is 40.6. The summed E-state index contributed by atoms with van der Waals surface area (Å²) in [5.41, 5.74) is 8.11. The molecule has 4 atom stereocenters. The minimum Gasteiger partial charge on any atom is -0.497 e. The van der Waals surface area contributed by atoms with Gasteiger partial charge in [-0.2, -0.15) is 0 Å². The van der Waals surface area contributed by atoms with Crippen LogP contribution in [0.2, 0.25) is 0 Å². The Kier molecular flexibility index (Phi) is 17.8. The first-order chi connectivity index (χ1) is 29.1. The second-order valence-electron chi connectivity index (χ2n) is 14.8. The van der Waals surface area contributed by atoms with Gasteiger partial charge in [0.15, 0.2) is 0 Å². The molecule has 0 heterocycles. The van der Waals surface area contributed by atoms with Gasteiger partial charge in [-0.15, -0.1) is 0 Å². The predicted molar refractivity (Wildman–Crippen MR) is 231 cm³/mol. The summed E-state index contributed by atoms with van der Waals surface area (Å²) in [5, 5.41) is 10.2. The van der Waals surface area contributed by atoms with Crippen molar-refractivity contribution >= 4 is 0 Å². The number of aliphatic hydroxyl groups is 1. The van der Waals surface area contributed by atoms with Crippen LogP contribution in [0.5, 0.6) is 11.5 Å². The van der Waals surface area contributed by atoms with E-state index in [0.717, 1.165) is 40.2 Å². The molecule has 5 aromatic carbocycles.